The van der Waals surface area contributed by atoms with E-state index in [1.54, 1.807) is 0 Å². The molecule has 0 aliphatic rings. The molecule has 0 rings (SSSR count). The molecule has 78 heavy (non-hydrogen) atoms. The Labute approximate surface area is 473 Å². The summed E-state index contributed by atoms with van der Waals surface area (Å²) in [6.45, 7) is 7.07. The van der Waals surface area contributed by atoms with E-state index in [1.165, 1.54) is 103 Å². The van der Waals surface area contributed by atoms with Gasteiger partial charge in [0.15, 0.2) is 12.2 Å². The average Bonchev–Trinajstić information content (AvgIpc) is 3.41. The summed E-state index contributed by atoms with van der Waals surface area (Å²) < 4.78 is 67.7. The topological polar surface area (TPSA) is 237 Å². The lowest BCUT2D eigenvalue weighted by molar-refractivity contribution is -0.161. The van der Waals surface area contributed by atoms with Crippen molar-refractivity contribution in [3.05, 3.63) is 0 Å². The van der Waals surface area contributed by atoms with Gasteiger partial charge >= 0.3 is 39.5 Å². The zero-order chi connectivity index (χ0) is 57.8. The van der Waals surface area contributed by atoms with Gasteiger partial charge in [0.2, 0.25) is 0 Å². The number of aliphatic hydroxyl groups excluding tert-OH is 1. The zero-order valence-electron chi connectivity index (χ0n) is 49.8. The van der Waals surface area contributed by atoms with Crippen molar-refractivity contribution in [3.8, 4) is 0 Å². The monoisotopic (exact) mass is 1160 g/mol. The Morgan fingerprint density at radius 1 is 0.359 bits per heavy atom. The van der Waals surface area contributed by atoms with Crippen molar-refractivity contribution in [1.82, 2.24) is 0 Å². The molecular formula is C59H114O17P2. The van der Waals surface area contributed by atoms with E-state index in [-0.39, 0.29) is 25.7 Å². The van der Waals surface area contributed by atoms with E-state index in [4.69, 9.17) is 37.0 Å². The summed E-state index contributed by atoms with van der Waals surface area (Å²) in [5.41, 5.74) is 0. The minimum Gasteiger partial charge on any atom is -0.462 e. The largest absolute Gasteiger partial charge is 0.472 e. The molecule has 6 atom stereocenters. The van der Waals surface area contributed by atoms with E-state index in [1.807, 2.05) is 0 Å². The highest BCUT2D eigenvalue weighted by Gasteiger charge is 2.30. The van der Waals surface area contributed by atoms with Crippen LogP contribution in [0.25, 0.3) is 0 Å². The second-order valence-corrected chi connectivity index (χ2v) is 24.5. The highest BCUT2D eigenvalue weighted by atomic mass is 31.2. The van der Waals surface area contributed by atoms with Crippen LogP contribution in [-0.4, -0.2) is 96.7 Å². The molecule has 0 fully saturated rings. The van der Waals surface area contributed by atoms with Crippen molar-refractivity contribution >= 4 is 39.5 Å². The normalized spacial score (nSPS) is 14.7. The number of hydrogen-bond donors (Lipinski definition) is 3. The Bertz CT molecular complexity index is 1540. The van der Waals surface area contributed by atoms with E-state index in [0.29, 0.717) is 25.7 Å². The highest BCUT2D eigenvalue weighted by molar-refractivity contribution is 7.47. The van der Waals surface area contributed by atoms with Crippen molar-refractivity contribution < 1.29 is 80.2 Å². The maximum atomic E-state index is 12.9. The van der Waals surface area contributed by atoms with Crippen molar-refractivity contribution in [2.24, 2.45) is 5.92 Å². The van der Waals surface area contributed by atoms with Gasteiger partial charge in [-0.15, -0.1) is 0 Å². The summed E-state index contributed by atoms with van der Waals surface area (Å²) in [6.07, 6.45) is 34.8. The summed E-state index contributed by atoms with van der Waals surface area (Å²) in [5.74, 6) is -1.41. The molecule has 0 amide bonds. The lowest BCUT2D eigenvalue weighted by Gasteiger charge is -2.21. The molecule has 462 valence electrons. The molecule has 0 heterocycles. The first-order chi connectivity index (χ1) is 37.6. The number of ether oxygens (including phenoxy) is 4. The van der Waals surface area contributed by atoms with E-state index < -0.39 is 97.5 Å². The Kier molecular flexibility index (Phi) is 51.8. The molecular weight excluding hydrogens is 1040 g/mol. The van der Waals surface area contributed by atoms with Gasteiger partial charge in [0.25, 0.3) is 0 Å². The SMILES string of the molecule is CCCCCCCCCCCCCC(=O)O[C@H](COC(=O)CCCCCCCCC(C)CC)COP(=O)(O)OC[C@@H](O)COP(=O)(O)OC[C@@H](COC(=O)CCCCCCCCCC)OC(=O)CCCCCCCCCCC. The molecule has 0 aromatic carbocycles. The number of esters is 4. The lowest BCUT2D eigenvalue weighted by Crippen LogP contribution is -2.30. The Balaban J connectivity index is 5.23. The predicted octanol–water partition coefficient (Wildman–Crippen LogP) is 15.8. The highest BCUT2D eigenvalue weighted by Crippen LogP contribution is 2.45. The first-order valence-electron chi connectivity index (χ1n) is 31.2. The van der Waals surface area contributed by atoms with Gasteiger partial charge in [0.05, 0.1) is 26.4 Å². The maximum absolute atomic E-state index is 12.9. The lowest BCUT2D eigenvalue weighted by atomic mass is 10.00. The molecule has 0 aromatic heterocycles. The van der Waals surface area contributed by atoms with Crippen molar-refractivity contribution in [2.75, 3.05) is 39.6 Å². The zero-order valence-corrected chi connectivity index (χ0v) is 51.6. The van der Waals surface area contributed by atoms with Crippen LogP contribution in [0.3, 0.4) is 0 Å². The van der Waals surface area contributed by atoms with Crippen LogP contribution in [0.4, 0.5) is 0 Å². The summed E-state index contributed by atoms with van der Waals surface area (Å²) >= 11 is 0. The summed E-state index contributed by atoms with van der Waals surface area (Å²) in [5, 5.41) is 10.5. The quantitative estimate of drug-likeness (QED) is 0.0222. The van der Waals surface area contributed by atoms with Crippen LogP contribution in [0.15, 0.2) is 0 Å². The molecule has 0 radical (unpaired) electrons. The average molecular weight is 1160 g/mol. The maximum Gasteiger partial charge on any atom is 0.472 e. The number of phosphoric ester groups is 2. The van der Waals surface area contributed by atoms with E-state index in [0.717, 1.165) is 109 Å². The molecule has 0 saturated heterocycles. The second-order valence-electron chi connectivity index (χ2n) is 21.6. The standard InChI is InChI=1S/C59H114O17P2/c1-6-10-13-16-19-22-23-25-28-35-40-45-59(64)76-55(49-70-57(62)43-38-33-30-29-31-36-41-52(5)9-4)51-74-78(67,68)72-47-53(60)46-71-77(65,66)73-50-54(48-69-56(61)42-37-32-26-21-18-15-12-8-3)75-58(63)44-39-34-27-24-20-17-14-11-7-2/h52-55,60H,6-51H2,1-5H3,(H,65,66)(H,67,68)/t52?,53-,54+,55+/m0/s1. The van der Waals surface area contributed by atoms with Gasteiger partial charge in [-0.1, -0.05) is 240 Å². The Morgan fingerprint density at radius 2 is 0.615 bits per heavy atom. The van der Waals surface area contributed by atoms with Crippen molar-refractivity contribution in [1.29, 1.82) is 0 Å². The number of hydrogen-bond acceptors (Lipinski definition) is 15. The summed E-state index contributed by atoms with van der Waals surface area (Å²) in [7, 11) is -9.87. The third-order valence-corrected chi connectivity index (χ3v) is 15.8. The molecule has 0 saturated carbocycles. The molecule has 0 aromatic rings. The van der Waals surface area contributed by atoms with Gasteiger partial charge < -0.3 is 33.8 Å². The number of phosphoric acid groups is 2. The molecule has 3 unspecified atom stereocenters. The van der Waals surface area contributed by atoms with Gasteiger partial charge in [-0.05, 0) is 31.6 Å². The smallest absolute Gasteiger partial charge is 0.462 e. The van der Waals surface area contributed by atoms with Crippen LogP contribution in [0.1, 0.15) is 291 Å². The third-order valence-electron chi connectivity index (χ3n) is 13.9. The predicted molar refractivity (Wildman–Crippen MR) is 308 cm³/mol. The van der Waals surface area contributed by atoms with Crippen LogP contribution in [-0.2, 0) is 65.4 Å². The van der Waals surface area contributed by atoms with Crippen LogP contribution < -0.4 is 0 Å². The number of aliphatic hydroxyl groups is 1. The van der Waals surface area contributed by atoms with Gasteiger partial charge in [-0.3, -0.25) is 37.3 Å². The van der Waals surface area contributed by atoms with Crippen LogP contribution in [0, 0.1) is 5.92 Å². The Morgan fingerprint density at radius 3 is 0.910 bits per heavy atom. The number of carbonyl (C=O) groups excluding carboxylic acids is 4. The third kappa shape index (κ3) is 52.2. The van der Waals surface area contributed by atoms with Gasteiger partial charge in [0, 0.05) is 25.7 Å². The summed E-state index contributed by atoms with van der Waals surface area (Å²) in [6, 6.07) is 0. The first kappa shape index (κ1) is 76.1. The minimum absolute atomic E-state index is 0.105. The van der Waals surface area contributed by atoms with Gasteiger partial charge in [-0.2, -0.15) is 0 Å². The molecule has 0 spiro atoms. The van der Waals surface area contributed by atoms with E-state index in [9.17, 15) is 43.2 Å². The molecule has 0 aliphatic carbocycles. The van der Waals surface area contributed by atoms with Gasteiger partial charge in [-0.25, -0.2) is 9.13 Å². The van der Waals surface area contributed by atoms with Crippen LogP contribution in [0.5, 0.6) is 0 Å². The second kappa shape index (κ2) is 53.1. The summed E-state index contributed by atoms with van der Waals surface area (Å²) in [4.78, 5) is 71.8. The van der Waals surface area contributed by atoms with E-state index >= 15 is 0 Å². The van der Waals surface area contributed by atoms with Crippen LogP contribution >= 0.6 is 15.6 Å². The first-order valence-corrected chi connectivity index (χ1v) is 34.2. The van der Waals surface area contributed by atoms with E-state index in [2.05, 4.69) is 34.6 Å². The molecule has 0 bridgehead atoms. The van der Waals surface area contributed by atoms with Crippen molar-refractivity contribution in [2.45, 2.75) is 310 Å². The fourth-order valence-electron chi connectivity index (χ4n) is 8.67. The number of rotatable bonds is 59. The fraction of sp³-hybridized carbons (Fsp3) is 0.932. The van der Waals surface area contributed by atoms with Crippen molar-refractivity contribution in [3.63, 3.8) is 0 Å². The van der Waals surface area contributed by atoms with Crippen LogP contribution in [0.2, 0.25) is 0 Å². The molecule has 19 heteroatoms. The fourth-order valence-corrected chi connectivity index (χ4v) is 10.2. The number of carbonyl (C=O) groups is 4. The van der Waals surface area contributed by atoms with Gasteiger partial charge in [0.1, 0.15) is 19.3 Å². The molecule has 17 nitrogen and oxygen atoms in total. The number of unbranched alkanes of at least 4 members (excludes halogenated alkanes) is 30. The molecule has 0 aliphatic heterocycles. The molecule has 3 N–H and O–H groups in total. The minimum atomic E-state index is -4.94. The Hall–Kier alpha value is -1.94.